The fourth-order valence-corrected chi connectivity index (χ4v) is 2.81. The van der Waals surface area contributed by atoms with Crippen LogP contribution in [-0.4, -0.2) is 63.0 Å². The summed E-state index contributed by atoms with van der Waals surface area (Å²) in [5, 5.41) is 20.3. The van der Waals surface area contributed by atoms with Crippen molar-refractivity contribution < 1.29 is 24.6 Å². The van der Waals surface area contributed by atoms with Gasteiger partial charge in [-0.15, -0.1) is 0 Å². The second kappa shape index (κ2) is 7.19. The Hall–Kier alpha value is -2.12. The first-order chi connectivity index (χ1) is 11.2. The third-order valence-corrected chi connectivity index (χ3v) is 3.84. The number of hydrogen-bond acceptors (Lipinski definition) is 4. The molecule has 1 aromatic carbocycles. The highest BCUT2D eigenvalue weighted by molar-refractivity contribution is 5.85. The van der Waals surface area contributed by atoms with Crippen LogP contribution in [0, 0.1) is 0 Å². The molecule has 1 aliphatic rings. The zero-order valence-electron chi connectivity index (χ0n) is 14.2. The number of hydroxylamine groups is 2. The highest BCUT2D eigenvalue weighted by Crippen LogP contribution is 2.23. The van der Waals surface area contributed by atoms with Gasteiger partial charge in [0.1, 0.15) is 18.8 Å². The van der Waals surface area contributed by atoms with Gasteiger partial charge in [0.15, 0.2) is 0 Å². The van der Waals surface area contributed by atoms with Crippen LogP contribution in [0.2, 0.25) is 0 Å². The summed E-state index contributed by atoms with van der Waals surface area (Å²) in [6, 6.07) is 8.31. The third kappa shape index (κ3) is 4.24. The van der Waals surface area contributed by atoms with Gasteiger partial charge in [0.2, 0.25) is 0 Å². The molecule has 0 aliphatic carbocycles. The molecule has 7 heteroatoms. The molecular formula is C17H24N2O5. The summed E-state index contributed by atoms with van der Waals surface area (Å²) in [6.45, 7) is 5.30. The molecule has 1 aromatic rings. The molecule has 2 rings (SSSR count). The first-order valence-corrected chi connectivity index (χ1v) is 7.88. The number of aliphatic hydroxyl groups excluding tert-OH is 1. The van der Waals surface area contributed by atoms with Gasteiger partial charge in [0.05, 0.1) is 6.54 Å². The Morgan fingerprint density at radius 1 is 1.33 bits per heavy atom. The van der Waals surface area contributed by atoms with Gasteiger partial charge in [0.25, 0.3) is 5.91 Å². The largest absolute Gasteiger partial charge is 0.465 e. The fraction of sp³-hybridized carbons (Fsp3) is 0.529. The molecular weight excluding hydrogens is 312 g/mol. The predicted octanol–water partition coefficient (Wildman–Crippen LogP) is 1.51. The normalized spacial score (nSPS) is 19.2. The number of carbonyl (C=O) groups is 2. The van der Waals surface area contributed by atoms with E-state index in [4.69, 9.17) is 4.84 Å². The zero-order chi connectivity index (χ0) is 17.9. The Morgan fingerprint density at radius 3 is 2.42 bits per heavy atom. The van der Waals surface area contributed by atoms with Crippen molar-refractivity contribution in [1.29, 1.82) is 0 Å². The molecule has 2 N–H and O–H groups in total. The Balaban J connectivity index is 2.32. The Kier molecular flexibility index (Phi) is 5.46. The van der Waals surface area contributed by atoms with E-state index in [9.17, 15) is 19.8 Å². The number of amides is 2. The highest BCUT2D eigenvalue weighted by atomic mass is 16.7. The van der Waals surface area contributed by atoms with Crippen LogP contribution in [0.5, 0.6) is 0 Å². The van der Waals surface area contributed by atoms with Crippen LogP contribution in [0.3, 0.4) is 0 Å². The van der Waals surface area contributed by atoms with Gasteiger partial charge >= 0.3 is 6.09 Å². The molecule has 0 bridgehead atoms. The highest BCUT2D eigenvalue weighted by Gasteiger charge is 2.41. The van der Waals surface area contributed by atoms with Crippen molar-refractivity contribution in [2.45, 2.75) is 44.9 Å². The monoisotopic (exact) mass is 336 g/mol. The van der Waals surface area contributed by atoms with Crippen LogP contribution in [0.1, 0.15) is 26.3 Å². The molecule has 0 saturated carbocycles. The lowest BCUT2D eigenvalue weighted by Gasteiger charge is -2.39. The summed E-state index contributed by atoms with van der Waals surface area (Å²) in [5.41, 5.74) is 0.0883. The summed E-state index contributed by atoms with van der Waals surface area (Å²) in [6.07, 6.45) is -1.69. The molecule has 0 radical (unpaired) electrons. The number of carboxylic acid groups (broad SMARTS) is 1. The van der Waals surface area contributed by atoms with Crippen molar-refractivity contribution in [2.75, 3.05) is 13.2 Å². The number of benzene rings is 1. The minimum atomic E-state index is -1.17. The van der Waals surface area contributed by atoms with Crippen molar-refractivity contribution in [3.05, 3.63) is 35.9 Å². The van der Waals surface area contributed by atoms with E-state index in [2.05, 4.69) is 0 Å². The summed E-state index contributed by atoms with van der Waals surface area (Å²) in [4.78, 5) is 31.1. The van der Waals surface area contributed by atoms with Crippen LogP contribution in [0.15, 0.2) is 30.3 Å². The molecule has 2 atom stereocenters. The maximum atomic E-state index is 12.9. The van der Waals surface area contributed by atoms with Crippen molar-refractivity contribution in [3.8, 4) is 0 Å². The topological polar surface area (TPSA) is 90.3 Å². The van der Waals surface area contributed by atoms with E-state index in [1.165, 1.54) is 0 Å². The van der Waals surface area contributed by atoms with E-state index in [0.29, 0.717) is 0 Å². The average Bonchev–Trinajstić information content (AvgIpc) is 2.91. The number of rotatable bonds is 4. The van der Waals surface area contributed by atoms with E-state index < -0.39 is 29.7 Å². The van der Waals surface area contributed by atoms with Gasteiger partial charge in [-0.05, 0) is 26.3 Å². The van der Waals surface area contributed by atoms with E-state index in [1.54, 1.807) is 20.8 Å². The second-order valence-corrected chi connectivity index (χ2v) is 6.88. The molecule has 1 heterocycles. The molecule has 7 nitrogen and oxygen atoms in total. The molecule has 1 aliphatic heterocycles. The Labute approximate surface area is 141 Å². The minimum absolute atomic E-state index is 0.0341. The summed E-state index contributed by atoms with van der Waals surface area (Å²) in [7, 11) is 0. The van der Waals surface area contributed by atoms with Crippen molar-refractivity contribution >= 4 is 12.0 Å². The maximum absolute atomic E-state index is 12.9. The smallest absolute Gasteiger partial charge is 0.408 e. The lowest BCUT2D eigenvalue weighted by atomic mass is 9.98. The van der Waals surface area contributed by atoms with Crippen LogP contribution in [0.4, 0.5) is 4.79 Å². The molecule has 0 spiro atoms. The number of carbonyl (C=O) groups excluding carboxylic acids is 1. The SMILES string of the molecule is CC(C)(C)N(C(=O)O)[C@@H](Cc1ccccc1)C(=O)N1CC(O)CO1. The minimum Gasteiger partial charge on any atom is -0.465 e. The second-order valence-electron chi connectivity index (χ2n) is 6.88. The molecule has 132 valence electrons. The number of nitrogens with zero attached hydrogens (tertiary/aromatic N) is 2. The third-order valence-electron chi connectivity index (χ3n) is 3.84. The summed E-state index contributed by atoms with van der Waals surface area (Å²) in [5.74, 6) is -0.465. The number of aliphatic hydroxyl groups is 1. The van der Waals surface area contributed by atoms with E-state index >= 15 is 0 Å². The van der Waals surface area contributed by atoms with Crippen molar-refractivity contribution in [3.63, 3.8) is 0 Å². The lowest BCUT2D eigenvalue weighted by molar-refractivity contribution is -0.175. The Morgan fingerprint density at radius 2 is 1.96 bits per heavy atom. The van der Waals surface area contributed by atoms with Gasteiger partial charge < -0.3 is 10.2 Å². The van der Waals surface area contributed by atoms with Crippen molar-refractivity contribution in [2.24, 2.45) is 0 Å². The van der Waals surface area contributed by atoms with Gasteiger partial charge in [-0.1, -0.05) is 30.3 Å². The average molecular weight is 336 g/mol. The van der Waals surface area contributed by atoms with E-state index in [-0.39, 0.29) is 19.6 Å². The zero-order valence-corrected chi connectivity index (χ0v) is 14.2. The first kappa shape index (κ1) is 18.2. The quantitative estimate of drug-likeness (QED) is 0.870. The lowest BCUT2D eigenvalue weighted by Crippen LogP contribution is -2.58. The van der Waals surface area contributed by atoms with Gasteiger partial charge in [-0.3, -0.25) is 14.5 Å². The number of hydrogen-bond donors (Lipinski definition) is 2. The van der Waals surface area contributed by atoms with Crippen LogP contribution in [-0.2, 0) is 16.1 Å². The van der Waals surface area contributed by atoms with Gasteiger partial charge in [-0.25, -0.2) is 9.86 Å². The molecule has 1 saturated heterocycles. The van der Waals surface area contributed by atoms with E-state index in [1.807, 2.05) is 30.3 Å². The van der Waals surface area contributed by atoms with Gasteiger partial charge in [-0.2, -0.15) is 0 Å². The van der Waals surface area contributed by atoms with Crippen LogP contribution < -0.4 is 0 Å². The Bertz CT molecular complexity index is 584. The molecule has 2 amide bonds. The maximum Gasteiger partial charge on any atom is 0.408 e. The van der Waals surface area contributed by atoms with Crippen LogP contribution >= 0.6 is 0 Å². The van der Waals surface area contributed by atoms with Gasteiger partial charge in [0, 0.05) is 12.0 Å². The van der Waals surface area contributed by atoms with Crippen LogP contribution in [0.25, 0.3) is 0 Å². The molecule has 1 fully saturated rings. The summed E-state index contributed by atoms with van der Waals surface area (Å²) >= 11 is 0. The van der Waals surface area contributed by atoms with E-state index in [0.717, 1.165) is 15.5 Å². The first-order valence-electron chi connectivity index (χ1n) is 7.88. The predicted molar refractivity (Wildman–Crippen MR) is 87.2 cm³/mol. The number of β-amino-alcohol motifs (C(OH)–C–C–N with tert-alkyl or cyclic N) is 1. The fourth-order valence-electron chi connectivity index (χ4n) is 2.81. The summed E-state index contributed by atoms with van der Waals surface area (Å²) < 4.78 is 0. The molecule has 24 heavy (non-hydrogen) atoms. The molecule has 0 aromatic heterocycles. The molecule has 1 unspecified atom stereocenters. The standard InChI is InChI=1S/C17H24N2O5/c1-17(2,3)19(16(22)23)14(9-12-7-5-4-6-8-12)15(21)18-10-13(20)11-24-18/h4-8,13-14,20H,9-11H2,1-3H3,(H,22,23)/t13?,14-/m0/s1. The van der Waals surface area contributed by atoms with Crippen molar-refractivity contribution in [1.82, 2.24) is 9.96 Å².